The largest absolute Gasteiger partial charge is 0.311 e. The summed E-state index contributed by atoms with van der Waals surface area (Å²) >= 11 is 0. The number of piperidine rings is 1. The van der Waals surface area contributed by atoms with Crippen molar-refractivity contribution in [3.8, 4) is 0 Å². The third-order valence-electron chi connectivity index (χ3n) is 2.93. The van der Waals surface area contributed by atoms with Crippen molar-refractivity contribution >= 4 is 0 Å². The van der Waals surface area contributed by atoms with Crippen molar-refractivity contribution in [2.75, 3.05) is 0 Å². The summed E-state index contributed by atoms with van der Waals surface area (Å²) in [7, 11) is 0. The topological polar surface area (TPSA) is 12.0 Å². The molecule has 0 aromatic carbocycles. The van der Waals surface area contributed by atoms with E-state index in [9.17, 15) is 0 Å². The average Bonchev–Trinajstić information content (AvgIpc) is 2.42. The van der Waals surface area contributed by atoms with E-state index >= 15 is 0 Å². The first-order valence-corrected chi connectivity index (χ1v) is 4.93. The Morgan fingerprint density at radius 1 is 1.33 bits per heavy atom. The van der Waals surface area contributed by atoms with E-state index in [2.05, 4.69) is 18.0 Å². The zero-order valence-electron chi connectivity index (χ0n) is 7.55. The fraction of sp³-hybridized carbons (Fsp3) is 0.636. The molecule has 0 amide bonds. The van der Waals surface area contributed by atoms with Crippen molar-refractivity contribution in [2.24, 2.45) is 0 Å². The lowest BCUT2D eigenvalue weighted by molar-refractivity contribution is 0.473. The van der Waals surface area contributed by atoms with Crippen molar-refractivity contribution in [3.05, 3.63) is 24.3 Å². The molecule has 2 fully saturated rings. The van der Waals surface area contributed by atoms with Gasteiger partial charge in [0.1, 0.15) is 0 Å². The SMILES string of the molecule is C=CCC=C1CC2CCC(C1)N2. The lowest BCUT2D eigenvalue weighted by Gasteiger charge is -2.23. The van der Waals surface area contributed by atoms with Gasteiger partial charge in [0, 0.05) is 12.1 Å². The van der Waals surface area contributed by atoms with Crippen LogP contribution in [0.5, 0.6) is 0 Å². The highest BCUT2D eigenvalue weighted by molar-refractivity contribution is 5.14. The van der Waals surface area contributed by atoms with E-state index < -0.39 is 0 Å². The van der Waals surface area contributed by atoms with E-state index in [4.69, 9.17) is 0 Å². The van der Waals surface area contributed by atoms with Gasteiger partial charge in [-0.15, -0.1) is 6.58 Å². The summed E-state index contributed by atoms with van der Waals surface area (Å²) < 4.78 is 0. The molecule has 0 aliphatic carbocycles. The Kier molecular flexibility index (Phi) is 2.31. The zero-order chi connectivity index (χ0) is 8.39. The molecule has 66 valence electrons. The first-order chi connectivity index (χ1) is 5.88. The minimum atomic E-state index is 0.791. The summed E-state index contributed by atoms with van der Waals surface area (Å²) in [6.45, 7) is 3.74. The van der Waals surface area contributed by atoms with Crippen LogP contribution in [-0.2, 0) is 0 Å². The van der Waals surface area contributed by atoms with Crippen LogP contribution in [0.25, 0.3) is 0 Å². The maximum Gasteiger partial charge on any atom is 0.0107 e. The molecular weight excluding hydrogens is 146 g/mol. The Morgan fingerprint density at radius 3 is 2.58 bits per heavy atom. The van der Waals surface area contributed by atoms with E-state index in [-0.39, 0.29) is 0 Å². The Hall–Kier alpha value is -0.560. The summed E-state index contributed by atoms with van der Waals surface area (Å²) in [5.74, 6) is 0. The molecule has 2 unspecified atom stereocenters. The number of hydrogen-bond donors (Lipinski definition) is 1. The van der Waals surface area contributed by atoms with Crippen molar-refractivity contribution in [3.63, 3.8) is 0 Å². The predicted octanol–water partition coefficient (Wildman–Crippen LogP) is 2.40. The standard InChI is InChI=1S/C11H17N/c1-2-3-4-9-7-10-5-6-11(8-9)12-10/h2,4,10-12H,1,3,5-8H2. The van der Waals surface area contributed by atoms with E-state index in [1.54, 1.807) is 5.57 Å². The Morgan fingerprint density at radius 2 is 2.00 bits per heavy atom. The number of rotatable bonds is 2. The lowest BCUT2D eigenvalue weighted by Crippen LogP contribution is -2.34. The van der Waals surface area contributed by atoms with E-state index in [1.165, 1.54) is 25.7 Å². The van der Waals surface area contributed by atoms with Gasteiger partial charge in [0.2, 0.25) is 0 Å². The molecule has 0 saturated carbocycles. The van der Waals surface area contributed by atoms with Gasteiger partial charge in [0.15, 0.2) is 0 Å². The summed E-state index contributed by atoms with van der Waals surface area (Å²) in [5.41, 5.74) is 1.65. The van der Waals surface area contributed by atoms with Crippen LogP contribution in [0, 0.1) is 0 Å². The molecule has 1 heteroatoms. The monoisotopic (exact) mass is 163 g/mol. The van der Waals surface area contributed by atoms with Gasteiger partial charge >= 0.3 is 0 Å². The molecular formula is C11H17N. The van der Waals surface area contributed by atoms with Crippen LogP contribution in [0.1, 0.15) is 32.1 Å². The molecule has 2 atom stereocenters. The van der Waals surface area contributed by atoms with E-state index in [0.717, 1.165) is 18.5 Å². The Bertz CT molecular complexity index is 191. The zero-order valence-corrected chi connectivity index (χ0v) is 7.55. The second-order valence-corrected chi connectivity index (χ2v) is 3.93. The minimum absolute atomic E-state index is 0.791. The molecule has 0 aromatic heterocycles. The predicted molar refractivity (Wildman–Crippen MR) is 52.1 cm³/mol. The number of allylic oxidation sites excluding steroid dienone is 2. The second kappa shape index (κ2) is 3.44. The third kappa shape index (κ3) is 1.61. The van der Waals surface area contributed by atoms with Crippen LogP contribution in [0.2, 0.25) is 0 Å². The molecule has 12 heavy (non-hydrogen) atoms. The minimum Gasteiger partial charge on any atom is -0.311 e. The molecule has 2 bridgehead atoms. The van der Waals surface area contributed by atoms with Gasteiger partial charge in [0.05, 0.1) is 0 Å². The molecule has 2 saturated heterocycles. The smallest absolute Gasteiger partial charge is 0.0107 e. The number of fused-ring (bicyclic) bond motifs is 2. The maximum absolute atomic E-state index is 3.74. The summed E-state index contributed by atoms with van der Waals surface area (Å²) in [5, 5.41) is 3.63. The highest BCUT2D eigenvalue weighted by Crippen LogP contribution is 2.30. The quantitative estimate of drug-likeness (QED) is 0.616. The van der Waals surface area contributed by atoms with E-state index in [0.29, 0.717) is 0 Å². The van der Waals surface area contributed by atoms with E-state index in [1.807, 2.05) is 6.08 Å². The van der Waals surface area contributed by atoms with Gasteiger partial charge in [-0.3, -0.25) is 0 Å². The molecule has 1 N–H and O–H groups in total. The fourth-order valence-electron chi connectivity index (χ4n) is 2.36. The molecule has 2 aliphatic heterocycles. The van der Waals surface area contributed by atoms with Crippen LogP contribution >= 0.6 is 0 Å². The van der Waals surface area contributed by atoms with Crippen LogP contribution in [0.15, 0.2) is 24.3 Å². The van der Waals surface area contributed by atoms with Gasteiger partial charge in [-0.1, -0.05) is 17.7 Å². The second-order valence-electron chi connectivity index (χ2n) is 3.93. The summed E-state index contributed by atoms with van der Waals surface area (Å²) in [6.07, 6.45) is 10.7. The molecule has 0 aromatic rings. The number of hydrogen-bond acceptors (Lipinski definition) is 1. The molecule has 2 rings (SSSR count). The number of nitrogens with one attached hydrogen (secondary N) is 1. The first-order valence-electron chi connectivity index (χ1n) is 4.93. The normalized spacial score (nSPS) is 33.5. The molecule has 1 nitrogen and oxygen atoms in total. The van der Waals surface area contributed by atoms with Gasteiger partial charge in [0.25, 0.3) is 0 Å². The molecule has 2 aliphatic rings. The maximum atomic E-state index is 3.74. The summed E-state index contributed by atoms with van der Waals surface area (Å²) in [6, 6.07) is 1.58. The van der Waals surface area contributed by atoms with Gasteiger partial charge in [-0.25, -0.2) is 0 Å². The van der Waals surface area contributed by atoms with Crippen LogP contribution < -0.4 is 5.32 Å². The van der Waals surface area contributed by atoms with Crippen molar-refractivity contribution in [2.45, 2.75) is 44.2 Å². The average molecular weight is 163 g/mol. The summed E-state index contributed by atoms with van der Waals surface area (Å²) in [4.78, 5) is 0. The lowest BCUT2D eigenvalue weighted by atomic mass is 9.98. The molecule has 0 spiro atoms. The fourth-order valence-corrected chi connectivity index (χ4v) is 2.36. The first kappa shape index (κ1) is 8.06. The Labute approximate surface area is 74.5 Å². The van der Waals surface area contributed by atoms with Crippen LogP contribution in [0.3, 0.4) is 0 Å². The van der Waals surface area contributed by atoms with Crippen molar-refractivity contribution in [1.29, 1.82) is 0 Å². The highest BCUT2D eigenvalue weighted by Gasteiger charge is 2.29. The third-order valence-corrected chi connectivity index (χ3v) is 2.93. The molecule has 2 heterocycles. The van der Waals surface area contributed by atoms with Crippen molar-refractivity contribution < 1.29 is 0 Å². The highest BCUT2D eigenvalue weighted by atomic mass is 15.0. The van der Waals surface area contributed by atoms with Gasteiger partial charge in [-0.2, -0.15) is 0 Å². The van der Waals surface area contributed by atoms with Gasteiger partial charge in [-0.05, 0) is 32.1 Å². The Balaban J connectivity index is 1.97. The molecule has 0 radical (unpaired) electrons. The van der Waals surface area contributed by atoms with Gasteiger partial charge < -0.3 is 5.32 Å². The van der Waals surface area contributed by atoms with Crippen molar-refractivity contribution in [1.82, 2.24) is 5.32 Å². The van der Waals surface area contributed by atoms with Crippen LogP contribution in [0.4, 0.5) is 0 Å². The van der Waals surface area contributed by atoms with Crippen LogP contribution in [-0.4, -0.2) is 12.1 Å².